The number of guanidine groups is 1. The number of nitrogens with zero attached hydrogens (tertiary/aromatic N) is 5. The normalized spacial score (nSPS) is 16.9. The number of aromatic nitrogens is 3. The number of benzene rings is 1. The Hall–Kier alpha value is -1.71. The molecule has 4 rings (SSSR count). The molecule has 140 valence electrons. The first-order valence-corrected chi connectivity index (χ1v) is 8.78. The number of halogens is 2. The average molecular weight is 470 g/mol. The molecule has 1 aliphatic carbocycles. The third-order valence-electron chi connectivity index (χ3n) is 4.94. The predicted octanol–water partition coefficient (Wildman–Crippen LogP) is 2.55. The zero-order valence-electron chi connectivity index (χ0n) is 15.1. The molecule has 1 fully saturated rings. The second kappa shape index (κ2) is 7.89. The minimum Gasteiger partial charge on any atom is -0.353 e. The zero-order valence-corrected chi connectivity index (χ0v) is 17.4. The average Bonchev–Trinajstić information content (AvgIpc) is 3.37. The van der Waals surface area contributed by atoms with Gasteiger partial charge >= 0.3 is 0 Å². The number of nitrogens with one attached hydrogen (secondary N) is 1. The largest absolute Gasteiger partial charge is 0.353 e. The Morgan fingerprint density at radius 3 is 2.81 bits per heavy atom. The maximum absolute atomic E-state index is 13.6. The molecule has 0 radical (unpaired) electrons. The van der Waals surface area contributed by atoms with E-state index < -0.39 is 0 Å². The highest BCUT2D eigenvalue weighted by Crippen LogP contribution is 2.23. The zero-order chi connectivity index (χ0) is 17.4. The van der Waals surface area contributed by atoms with E-state index in [0.29, 0.717) is 19.1 Å². The standard InChI is InChI=1S/C18H23FN6.HI/c1-12-22-23-17(24(12)2)10-20-18(21-16-5-6-16)25-8-7-13-3-4-15(19)9-14(13)11-25;/h3-4,9,16H,5-8,10-11H2,1-2H3,(H,20,21);1H. The van der Waals surface area contributed by atoms with Crippen molar-refractivity contribution < 1.29 is 4.39 Å². The summed E-state index contributed by atoms with van der Waals surface area (Å²) in [4.78, 5) is 6.99. The number of fused-ring (bicyclic) bond motifs is 1. The molecule has 2 heterocycles. The summed E-state index contributed by atoms with van der Waals surface area (Å²) in [5, 5.41) is 11.8. The van der Waals surface area contributed by atoms with E-state index in [0.717, 1.165) is 36.1 Å². The van der Waals surface area contributed by atoms with Crippen LogP contribution in [0.3, 0.4) is 0 Å². The smallest absolute Gasteiger partial charge is 0.194 e. The van der Waals surface area contributed by atoms with Crippen LogP contribution in [-0.2, 0) is 26.6 Å². The van der Waals surface area contributed by atoms with Gasteiger partial charge < -0.3 is 14.8 Å². The first-order valence-electron chi connectivity index (χ1n) is 8.78. The molecule has 26 heavy (non-hydrogen) atoms. The lowest BCUT2D eigenvalue weighted by molar-refractivity contribution is 0.375. The summed E-state index contributed by atoms with van der Waals surface area (Å²) in [6.45, 7) is 3.98. The van der Waals surface area contributed by atoms with Crippen molar-refractivity contribution in [2.24, 2.45) is 12.0 Å². The van der Waals surface area contributed by atoms with Gasteiger partial charge in [0.25, 0.3) is 0 Å². The van der Waals surface area contributed by atoms with E-state index in [2.05, 4.69) is 20.4 Å². The van der Waals surface area contributed by atoms with Gasteiger partial charge in [-0.2, -0.15) is 0 Å². The van der Waals surface area contributed by atoms with E-state index in [9.17, 15) is 4.39 Å². The summed E-state index contributed by atoms with van der Waals surface area (Å²) in [6, 6.07) is 5.59. The lowest BCUT2D eigenvalue weighted by Crippen LogP contribution is -2.45. The van der Waals surface area contributed by atoms with E-state index in [1.165, 1.54) is 18.4 Å². The highest BCUT2D eigenvalue weighted by molar-refractivity contribution is 14.0. The fraction of sp³-hybridized carbons (Fsp3) is 0.500. The van der Waals surface area contributed by atoms with Gasteiger partial charge in [0.15, 0.2) is 11.8 Å². The first kappa shape index (κ1) is 19.1. The summed E-state index contributed by atoms with van der Waals surface area (Å²) in [7, 11) is 1.95. The number of rotatable bonds is 3. The van der Waals surface area contributed by atoms with Crippen molar-refractivity contribution in [3.63, 3.8) is 0 Å². The van der Waals surface area contributed by atoms with E-state index in [-0.39, 0.29) is 29.8 Å². The van der Waals surface area contributed by atoms with Gasteiger partial charge in [-0.15, -0.1) is 34.2 Å². The van der Waals surface area contributed by atoms with Gasteiger partial charge in [0.05, 0.1) is 0 Å². The molecular weight excluding hydrogens is 446 g/mol. The van der Waals surface area contributed by atoms with Crippen molar-refractivity contribution in [3.05, 3.63) is 46.8 Å². The van der Waals surface area contributed by atoms with Crippen molar-refractivity contribution in [2.75, 3.05) is 6.54 Å². The van der Waals surface area contributed by atoms with Crippen LogP contribution >= 0.6 is 24.0 Å². The molecule has 0 bridgehead atoms. The highest BCUT2D eigenvalue weighted by atomic mass is 127. The van der Waals surface area contributed by atoms with Crippen LogP contribution in [0.5, 0.6) is 0 Å². The molecule has 0 spiro atoms. The summed E-state index contributed by atoms with van der Waals surface area (Å²) < 4.78 is 15.5. The topological polar surface area (TPSA) is 58.3 Å². The molecule has 0 unspecified atom stereocenters. The van der Waals surface area contributed by atoms with Crippen LogP contribution in [-0.4, -0.2) is 38.2 Å². The van der Waals surface area contributed by atoms with Gasteiger partial charge in [0, 0.05) is 26.2 Å². The Bertz CT molecular complexity index is 814. The molecule has 8 heteroatoms. The highest BCUT2D eigenvalue weighted by Gasteiger charge is 2.26. The predicted molar refractivity (Wildman–Crippen MR) is 109 cm³/mol. The quantitative estimate of drug-likeness (QED) is 0.426. The molecule has 0 saturated heterocycles. The van der Waals surface area contributed by atoms with E-state index >= 15 is 0 Å². The summed E-state index contributed by atoms with van der Waals surface area (Å²) in [5.41, 5.74) is 2.28. The Labute approximate surface area is 169 Å². The summed E-state index contributed by atoms with van der Waals surface area (Å²) in [6.07, 6.45) is 3.27. The molecular formula is C18H24FIN6. The second-order valence-corrected chi connectivity index (χ2v) is 6.87. The molecule has 2 aliphatic rings. The van der Waals surface area contributed by atoms with Gasteiger partial charge in [-0.3, -0.25) is 0 Å². The van der Waals surface area contributed by atoms with E-state index in [1.54, 1.807) is 12.1 Å². The number of aryl methyl sites for hydroxylation is 1. The van der Waals surface area contributed by atoms with Crippen molar-refractivity contribution in [1.82, 2.24) is 25.0 Å². The van der Waals surface area contributed by atoms with Crippen molar-refractivity contribution >= 4 is 29.9 Å². The van der Waals surface area contributed by atoms with E-state index in [1.807, 2.05) is 24.6 Å². The lowest BCUT2D eigenvalue weighted by atomic mass is 10.00. The maximum atomic E-state index is 13.6. The first-order chi connectivity index (χ1) is 12.1. The summed E-state index contributed by atoms with van der Waals surface area (Å²) >= 11 is 0. The lowest BCUT2D eigenvalue weighted by Gasteiger charge is -2.32. The Morgan fingerprint density at radius 1 is 1.31 bits per heavy atom. The molecule has 1 N–H and O–H groups in total. The molecule has 0 atom stereocenters. The molecule has 1 aromatic heterocycles. The van der Waals surface area contributed by atoms with Gasteiger partial charge in [-0.1, -0.05) is 6.07 Å². The molecule has 0 amide bonds. The van der Waals surface area contributed by atoms with Crippen LogP contribution in [0.2, 0.25) is 0 Å². The van der Waals surface area contributed by atoms with Gasteiger partial charge in [0.1, 0.15) is 18.2 Å². The van der Waals surface area contributed by atoms with Crippen LogP contribution in [0.15, 0.2) is 23.2 Å². The number of aliphatic imine (C=N–C) groups is 1. The number of hydrogen-bond acceptors (Lipinski definition) is 3. The molecule has 2 aromatic rings. The third-order valence-corrected chi connectivity index (χ3v) is 4.94. The van der Waals surface area contributed by atoms with Crippen LogP contribution < -0.4 is 5.32 Å². The molecule has 6 nitrogen and oxygen atoms in total. The minimum absolute atomic E-state index is 0. The SMILES string of the molecule is Cc1nnc(CN=C(NC2CC2)N2CCc3ccc(F)cc3C2)n1C.I. The Balaban J connectivity index is 0.00000196. The fourth-order valence-electron chi connectivity index (χ4n) is 3.09. The molecule has 1 aliphatic heterocycles. The van der Waals surface area contributed by atoms with Gasteiger partial charge in [-0.25, -0.2) is 9.38 Å². The van der Waals surface area contributed by atoms with E-state index in [4.69, 9.17) is 4.99 Å². The van der Waals surface area contributed by atoms with Gasteiger partial charge in [-0.05, 0) is 49.4 Å². The van der Waals surface area contributed by atoms with Crippen molar-refractivity contribution in [2.45, 2.75) is 45.3 Å². The van der Waals surface area contributed by atoms with Crippen molar-refractivity contribution in [1.29, 1.82) is 0 Å². The van der Waals surface area contributed by atoms with Crippen molar-refractivity contribution in [3.8, 4) is 0 Å². The third kappa shape index (κ3) is 4.16. The van der Waals surface area contributed by atoms with Crippen LogP contribution in [0.1, 0.15) is 35.6 Å². The molecule has 1 aromatic carbocycles. The Morgan fingerprint density at radius 2 is 2.12 bits per heavy atom. The number of hydrogen-bond donors (Lipinski definition) is 1. The van der Waals surface area contributed by atoms with Gasteiger partial charge in [0.2, 0.25) is 0 Å². The van der Waals surface area contributed by atoms with Crippen LogP contribution in [0.25, 0.3) is 0 Å². The van der Waals surface area contributed by atoms with Crippen LogP contribution in [0, 0.1) is 12.7 Å². The minimum atomic E-state index is -0.177. The fourth-order valence-corrected chi connectivity index (χ4v) is 3.09. The Kier molecular flexibility index (Phi) is 5.79. The van der Waals surface area contributed by atoms with Crippen LogP contribution in [0.4, 0.5) is 4.39 Å². The second-order valence-electron chi connectivity index (χ2n) is 6.87. The maximum Gasteiger partial charge on any atom is 0.194 e. The summed E-state index contributed by atoms with van der Waals surface area (Å²) in [5.74, 6) is 2.43. The molecule has 1 saturated carbocycles. The monoisotopic (exact) mass is 470 g/mol.